The zero-order valence-corrected chi connectivity index (χ0v) is 19.7. The van der Waals surface area contributed by atoms with Gasteiger partial charge in [-0.15, -0.1) is 12.4 Å². The molecule has 12 nitrogen and oxygen atoms in total. The molecule has 14 heteroatoms. The van der Waals surface area contributed by atoms with Crippen molar-refractivity contribution in [1.29, 1.82) is 0 Å². The minimum absolute atomic E-state index is 0. The molecule has 0 saturated heterocycles. The summed E-state index contributed by atoms with van der Waals surface area (Å²) in [5, 5.41) is 10.3. The molecule has 0 radical (unpaired) electrons. The molecule has 0 bridgehead atoms. The number of rotatable bonds is 4. The van der Waals surface area contributed by atoms with Crippen LogP contribution in [0.15, 0.2) is 50.1 Å². The van der Waals surface area contributed by atoms with Crippen LogP contribution in [-0.2, 0) is 0 Å². The zero-order valence-electron chi connectivity index (χ0n) is 18.1. The molecule has 182 valence electrons. The Morgan fingerprint density at radius 2 is 1.88 bits per heavy atom. The normalized spacial score (nSPS) is 9.74. The van der Waals surface area contributed by atoms with Gasteiger partial charge in [0.05, 0.1) is 0 Å². The number of guanidine groups is 1. The van der Waals surface area contributed by atoms with Crippen LogP contribution in [0.5, 0.6) is 11.5 Å². The van der Waals surface area contributed by atoms with Crippen LogP contribution in [0.1, 0.15) is 24.3 Å². The highest BCUT2D eigenvalue weighted by Gasteiger charge is 2.15. The van der Waals surface area contributed by atoms with Crippen LogP contribution in [0.3, 0.4) is 0 Å². The Kier molecular flexibility index (Phi) is 10.1. The first-order valence-corrected chi connectivity index (χ1v) is 9.61. The third-order valence-corrected chi connectivity index (χ3v) is 4.05. The van der Waals surface area contributed by atoms with Crippen molar-refractivity contribution in [3.8, 4) is 11.5 Å². The molecule has 0 spiro atoms. The second-order valence-corrected chi connectivity index (χ2v) is 7.04. The van der Waals surface area contributed by atoms with Gasteiger partial charge in [-0.2, -0.15) is 4.99 Å². The Balaban J connectivity index is 0.000000336. The number of nitrogen functional groups attached to an aromatic ring is 2. The Morgan fingerprint density at radius 3 is 2.50 bits per heavy atom. The molecule has 0 saturated carbocycles. The number of carbonyl (C=O) groups excluding carboxylic acids is 1. The van der Waals surface area contributed by atoms with Crippen LogP contribution in [0, 0.1) is 0 Å². The van der Waals surface area contributed by atoms with E-state index in [-0.39, 0.29) is 40.6 Å². The van der Waals surface area contributed by atoms with Crippen LogP contribution in [-0.4, -0.2) is 33.5 Å². The predicted octanol–water partition coefficient (Wildman–Crippen LogP) is 1.97. The molecule has 2 aromatic heterocycles. The Labute approximate surface area is 204 Å². The molecule has 9 N–H and O–H groups in total. The van der Waals surface area contributed by atoms with E-state index in [1.54, 1.807) is 6.07 Å². The van der Waals surface area contributed by atoms with Crippen molar-refractivity contribution in [2.24, 2.45) is 16.5 Å². The topological polar surface area (TPSA) is 219 Å². The van der Waals surface area contributed by atoms with Gasteiger partial charge in [0.1, 0.15) is 12.2 Å². The van der Waals surface area contributed by atoms with Gasteiger partial charge < -0.3 is 37.2 Å². The van der Waals surface area contributed by atoms with E-state index in [4.69, 9.17) is 43.7 Å². The predicted molar refractivity (Wildman–Crippen MR) is 132 cm³/mol. The maximum absolute atomic E-state index is 11.3. The number of benzene rings is 1. The number of phenolic OH excluding ortho intramolecular Hbond substituents is 1. The number of ether oxygens (including phenoxy) is 1. The number of nitrogens with zero attached hydrogens (tertiary/aromatic N) is 3. The molecule has 0 aliphatic rings. The van der Waals surface area contributed by atoms with Crippen LogP contribution in [0.2, 0.25) is 5.15 Å². The molecule has 1 amide bonds. The molecule has 0 aliphatic heterocycles. The van der Waals surface area contributed by atoms with Gasteiger partial charge >= 0.3 is 11.5 Å². The number of aromatic hydroxyl groups is 1. The second kappa shape index (κ2) is 12.3. The highest BCUT2D eigenvalue weighted by atomic mass is 35.5. The van der Waals surface area contributed by atoms with E-state index in [1.165, 1.54) is 18.2 Å². The van der Waals surface area contributed by atoms with Gasteiger partial charge in [-0.05, 0) is 32.1 Å². The molecule has 0 unspecified atom stereocenters. The number of phenols is 1. The quantitative estimate of drug-likeness (QED) is 0.147. The van der Waals surface area contributed by atoms with E-state index in [9.17, 15) is 14.7 Å². The number of nitrogens with two attached hydrogens (primary N) is 4. The number of hydrogen-bond donors (Lipinski definition) is 5. The minimum atomic E-state index is -0.832. The molecular weight excluding hydrogens is 489 g/mol. The lowest BCUT2D eigenvalue weighted by Crippen LogP contribution is -2.24. The molecule has 1 aromatic carbocycles. The summed E-state index contributed by atoms with van der Waals surface area (Å²) in [5.74, 6) is -1.17. The first-order chi connectivity index (χ1) is 15.5. The van der Waals surface area contributed by atoms with E-state index in [0.29, 0.717) is 23.3 Å². The maximum atomic E-state index is 11.3. The number of aromatic nitrogens is 2. The van der Waals surface area contributed by atoms with Crippen molar-refractivity contribution < 1.29 is 19.1 Å². The van der Waals surface area contributed by atoms with Crippen molar-refractivity contribution >= 4 is 58.5 Å². The number of allylic oxidation sites excluding steroid dienone is 1. The smallest absolute Gasteiger partial charge is 0.336 e. The van der Waals surface area contributed by atoms with Crippen LogP contribution < -0.4 is 33.3 Å². The Bertz CT molecular complexity index is 1300. The summed E-state index contributed by atoms with van der Waals surface area (Å²) in [6.45, 7) is 4.28. The van der Waals surface area contributed by atoms with Gasteiger partial charge in [0, 0.05) is 17.5 Å². The van der Waals surface area contributed by atoms with Gasteiger partial charge in [-0.25, -0.2) is 14.8 Å². The lowest BCUT2D eigenvalue weighted by molar-refractivity contribution is 0.0998. The maximum Gasteiger partial charge on any atom is 0.336 e. The van der Waals surface area contributed by atoms with Gasteiger partial charge in [-0.3, -0.25) is 4.79 Å². The molecule has 0 fully saturated rings. The van der Waals surface area contributed by atoms with Crippen molar-refractivity contribution in [3.05, 3.63) is 57.2 Å². The first kappa shape index (κ1) is 28.0. The van der Waals surface area contributed by atoms with E-state index in [1.807, 2.05) is 19.9 Å². The van der Waals surface area contributed by atoms with Crippen molar-refractivity contribution in [2.75, 3.05) is 18.1 Å². The van der Waals surface area contributed by atoms with Gasteiger partial charge in [0.2, 0.25) is 0 Å². The lowest BCUT2D eigenvalue weighted by atomic mass is 10.2. The highest BCUT2D eigenvalue weighted by molar-refractivity contribution is 6.31. The van der Waals surface area contributed by atoms with Crippen molar-refractivity contribution in [2.45, 2.75) is 13.8 Å². The number of halogens is 2. The molecule has 34 heavy (non-hydrogen) atoms. The fourth-order valence-corrected chi connectivity index (χ4v) is 2.39. The van der Waals surface area contributed by atoms with E-state index >= 15 is 0 Å². The van der Waals surface area contributed by atoms with Crippen LogP contribution in [0.4, 0.5) is 11.6 Å². The Hall–Kier alpha value is -4.03. The molecule has 2 heterocycles. The number of carbonyl (C=O) groups is 1. The van der Waals surface area contributed by atoms with Crippen LogP contribution >= 0.6 is 24.0 Å². The van der Waals surface area contributed by atoms with E-state index < -0.39 is 17.5 Å². The average molecular weight is 512 g/mol. The number of amides is 1. The van der Waals surface area contributed by atoms with Gasteiger partial charge in [-0.1, -0.05) is 17.2 Å². The number of hydrogen-bond acceptors (Lipinski definition) is 9. The summed E-state index contributed by atoms with van der Waals surface area (Å²) in [6.07, 6.45) is 1.89. The van der Waals surface area contributed by atoms with Crippen molar-refractivity contribution in [3.63, 3.8) is 0 Å². The third kappa shape index (κ3) is 7.83. The minimum Gasteiger partial charge on any atom is -0.504 e. The molecule has 3 rings (SSSR count). The molecule has 0 aliphatic carbocycles. The standard InChI is InChI=1S/C14H14O4.C6H8ClN7O.ClH/c1-9(2)5-6-17-13-8-12-10(7-11(13)15)3-4-14(16)18-12;7-2-4(9)13-3(8)1(12-2)5(15)14-6(10)11;/h3-5,7-8,15H,6H2,1-2H3;(H4,8,9,13)(H4,10,11,14,15);1H. The van der Waals surface area contributed by atoms with E-state index in [2.05, 4.69) is 15.0 Å². The average Bonchev–Trinajstić information content (AvgIpc) is 2.71. The molecule has 0 atom stereocenters. The number of aliphatic imine (C=N–C) groups is 1. The number of fused-ring (bicyclic) bond motifs is 1. The van der Waals surface area contributed by atoms with E-state index in [0.717, 1.165) is 5.57 Å². The highest BCUT2D eigenvalue weighted by Crippen LogP contribution is 2.30. The molecular formula is C20H23Cl2N7O5. The zero-order chi connectivity index (χ0) is 24.7. The lowest BCUT2D eigenvalue weighted by Gasteiger charge is -2.07. The van der Waals surface area contributed by atoms with Crippen molar-refractivity contribution in [1.82, 2.24) is 9.97 Å². The second-order valence-electron chi connectivity index (χ2n) is 6.68. The largest absolute Gasteiger partial charge is 0.504 e. The summed E-state index contributed by atoms with van der Waals surface area (Å²) in [6, 6.07) is 5.94. The fourth-order valence-electron chi connectivity index (χ4n) is 2.27. The van der Waals surface area contributed by atoms with Gasteiger partial charge in [0.15, 0.2) is 39.9 Å². The summed E-state index contributed by atoms with van der Waals surface area (Å²) in [4.78, 5) is 32.8. The SMILES string of the molecule is CC(C)=CCOc1cc2oc(=O)ccc2cc1O.Cl.NC(N)=NC(=O)c1nc(Cl)c(N)nc1N. The Morgan fingerprint density at radius 1 is 1.21 bits per heavy atom. The molecule has 3 aromatic rings. The monoisotopic (exact) mass is 511 g/mol. The summed E-state index contributed by atoms with van der Waals surface area (Å²) >= 11 is 5.55. The fraction of sp³-hybridized carbons (Fsp3) is 0.150. The number of anilines is 2. The summed E-state index contributed by atoms with van der Waals surface area (Å²) in [7, 11) is 0. The van der Waals surface area contributed by atoms with Gasteiger partial charge in [0.25, 0.3) is 0 Å². The summed E-state index contributed by atoms with van der Waals surface area (Å²) < 4.78 is 10.4. The van der Waals surface area contributed by atoms with Crippen LogP contribution in [0.25, 0.3) is 11.0 Å². The third-order valence-electron chi connectivity index (χ3n) is 3.77. The summed E-state index contributed by atoms with van der Waals surface area (Å²) in [5.41, 5.74) is 21.6. The first-order valence-electron chi connectivity index (χ1n) is 9.23.